The van der Waals surface area contributed by atoms with Crippen LogP contribution in [0, 0.1) is 0 Å². The van der Waals surface area contributed by atoms with Crippen molar-refractivity contribution >= 4 is 129 Å². The highest BCUT2D eigenvalue weighted by Crippen LogP contribution is 2.23. The lowest BCUT2D eigenvalue weighted by molar-refractivity contribution is -0.142. The Hall–Kier alpha value is -13.0. The van der Waals surface area contributed by atoms with Gasteiger partial charge in [0, 0.05) is 87.5 Å². The SMILES string of the molecule is CNC(=O)C[C@H](NC(=O)[C@@H](Cc1ccc(NC(N)=O)cc1)NC(=O)[C@H](Cc1ccc(NC(=O)[C@@H]2CC(=O)NC(=O)N2)cc1)NC(=O)[C@H](CO)NC(=O)[C@@H](Cc1cccnc1)NC(=O)[C@@H](Cc1ccc(Cl)cc1)NC(=O)[C@@H](Cc1ccc2ccccc2c1)NC(C)=O)C(=O)N[C@@H](CCCCNC(C)C)C(=O)N1CCC[C@H]1C(=O)N[C@H](C)C(N)=O. The number of benzene rings is 5. The summed E-state index contributed by atoms with van der Waals surface area (Å²) >= 11 is 6.26. The molecule has 11 atom stereocenters. The smallest absolute Gasteiger partial charge is 0.322 e. The van der Waals surface area contributed by atoms with E-state index in [-0.39, 0.29) is 68.0 Å². The fourth-order valence-electron chi connectivity index (χ4n) is 13.2. The summed E-state index contributed by atoms with van der Waals surface area (Å²) in [5, 5.41) is 52.0. The van der Waals surface area contributed by atoms with E-state index in [1.165, 1.54) is 86.7 Å². The van der Waals surface area contributed by atoms with Gasteiger partial charge in [-0.25, -0.2) is 9.59 Å². The number of imide groups is 1. The third-order valence-electron chi connectivity index (χ3n) is 19.4. The molecule has 3 heterocycles. The lowest BCUT2D eigenvalue weighted by Crippen LogP contribution is -2.62. The average molecular weight is 1650 g/mol. The van der Waals surface area contributed by atoms with E-state index in [1.807, 2.05) is 55.6 Å². The number of likely N-dealkylation sites (tertiary alicyclic amines) is 1. The normalized spacial score (nSPS) is 16.0. The van der Waals surface area contributed by atoms with Gasteiger partial charge in [-0.05, 0) is 127 Å². The van der Waals surface area contributed by atoms with Gasteiger partial charge in [-0.3, -0.25) is 77.4 Å². The van der Waals surface area contributed by atoms with Crippen molar-refractivity contribution in [1.29, 1.82) is 0 Å². The first-order valence-electron chi connectivity index (χ1n) is 38.4. The molecule has 0 radical (unpaired) electrons. The Bertz CT molecular complexity index is 4600. The second-order valence-corrected chi connectivity index (χ2v) is 29.4. The summed E-state index contributed by atoms with van der Waals surface area (Å²) in [4.78, 5) is 226. The maximum absolute atomic E-state index is 15.4. The number of aliphatic hydroxyl groups is 1. The number of halogens is 1. The van der Waals surface area contributed by atoms with Gasteiger partial charge in [0.25, 0.3) is 0 Å². The summed E-state index contributed by atoms with van der Waals surface area (Å²) in [6, 6.07) is 15.8. The van der Waals surface area contributed by atoms with Gasteiger partial charge >= 0.3 is 12.1 Å². The molecule has 0 bridgehead atoms. The Kier molecular flexibility index (Phi) is 33.9. The van der Waals surface area contributed by atoms with E-state index >= 15 is 9.59 Å². The quantitative estimate of drug-likeness (QED) is 0.0217. The number of amides is 18. The lowest BCUT2D eigenvalue weighted by atomic mass is 9.99. The average Bonchev–Trinajstić information content (AvgIpc) is 1.25. The number of nitrogens with zero attached hydrogens (tertiary/aromatic N) is 2. The molecule has 5 aromatic carbocycles. The molecule has 118 heavy (non-hydrogen) atoms. The van der Waals surface area contributed by atoms with Crippen LogP contribution in [-0.2, 0) is 99.2 Å². The number of pyridine rings is 1. The van der Waals surface area contributed by atoms with Crippen LogP contribution in [0.4, 0.5) is 21.0 Å². The Morgan fingerprint density at radius 3 is 1.56 bits per heavy atom. The minimum atomic E-state index is -1.96. The van der Waals surface area contributed by atoms with Crippen LogP contribution in [0.15, 0.2) is 140 Å². The van der Waals surface area contributed by atoms with Crippen LogP contribution in [0.2, 0.25) is 5.02 Å². The first-order chi connectivity index (χ1) is 56.3. The van der Waals surface area contributed by atoms with Gasteiger partial charge in [0.05, 0.1) is 19.4 Å². The number of carbonyl (C=O) groups is 16. The summed E-state index contributed by atoms with van der Waals surface area (Å²) in [7, 11) is 1.27. The van der Waals surface area contributed by atoms with E-state index in [1.54, 1.807) is 42.5 Å². The second kappa shape index (κ2) is 44.2. The second-order valence-electron chi connectivity index (χ2n) is 29.0. The summed E-state index contributed by atoms with van der Waals surface area (Å²) in [5.41, 5.74) is 13.3. The number of nitrogens with two attached hydrogens (primary N) is 2. The molecule has 1 aromatic heterocycles. The first kappa shape index (κ1) is 90.6. The molecule has 2 aliphatic heterocycles. The largest absolute Gasteiger partial charge is 0.394 e. The standard InChI is InChI=1S/C81H100ClN19O17/c1-44(2)87-32-9-8-15-57(79(116)101-33-11-16-66(101)78(115)88-45(3)69(83)106)92-76(113)63(40-67(104)85-5)97-74(111)60(36-49-22-29-56(30-23-49)91-80(84)117)94-73(110)61(37-48-20-27-55(28-21-48)90-70(107)64-41-68(105)100-81(118)99-64)96-77(114)65(43-102)98-75(112)62(39-51-12-10-31-86-42-51)95-72(109)59(35-47-18-25-54(82)26-19-47)93-71(108)58(89-46(4)103)38-50-17-24-52-13-6-7-14-53(52)34-50/h6-7,10,12-14,17-31,34,42,44-45,57-66,87,102H,8-9,11,15-16,32-33,35-41,43H2,1-5H3,(H2,83,106)(H,85,104)(H,88,115)(H,89,103)(H,90,107)(H,92,113)(H,93,108)(H,94,110)(H,95,109)(H,96,114)(H,97,111)(H,98,112)(H3,84,91,117)(H2,99,100,105,118)/t45-,57+,58-,59-,60-,61+,62-,63+,64+,65+,66+/m1/s1. The molecule has 8 rings (SSSR count). The van der Waals surface area contributed by atoms with E-state index in [4.69, 9.17) is 23.1 Å². The molecule has 0 unspecified atom stereocenters. The molecule has 20 N–H and O–H groups in total. The molecule has 36 nitrogen and oxygen atoms in total. The van der Waals surface area contributed by atoms with E-state index in [9.17, 15) is 72.2 Å². The zero-order valence-corrected chi connectivity index (χ0v) is 66.5. The molecule has 37 heteroatoms. The number of anilines is 2. The molecular formula is C81H100ClN19O17. The van der Waals surface area contributed by atoms with Crippen LogP contribution in [0.3, 0.4) is 0 Å². The number of aliphatic hydroxyl groups excluding tert-OH is 1. The summed E-state index contributed by atoms with van der Waals surface area (Å²) in [5.74, 6) is -12.3. The lowest BCUT2D eigenvalue weighted by Gasteiger charge is -2.30. The summed E-state index contributed by atoms with van der Waals surface area (Å²) in [6.07, 6.45) is 1.72. The van der Waals surface area contributed by atoms with Gasteiger partial charge in [-0.2, -0.15) is 0 Å². The number of nitrogens with one attached hydrogen (secondary N) is 15. The molecule has 0 spiro atoms. The minimum Gasteiger partial charge on any atom is -0.394 e. The zero-order valence-electron chi connectivity index (χ0n) is 65.7. The Balaban J connectivity index is 1.10. The molecule has 2 aliphatic rings. The number of unbranched alkanes of at least 4 members (excludes halogenated alkanes) is 1. The van der Waals surface area contributed by atoms with Crippen LogP contribution < -0.4 is 91.2 Å². The molecule has 2 saturated heterocycles. The molecule has 18 amide bonds. The molecule has 0 saturated carbocycles. The van der Waals surface area contributed by atoms with E-state index in [0.717, 1.165) is 10.8 Å². The number of hydrogen-bond donors (Lipinski definition) is 18. The monoisotopic (exact) mass is 1650 g/mol. The number of hydrogen-bond acceptors (Lipinski definition) is 19. The van der Waals surface area contributed by atoms with Crippen LogP contribution in [0.1, 0.15) is 100 Å². The summed E-state index contributed by atoms with van der Waals surface area (Å²) < 4.78 is 0. The number of carbonyl (C=O) groups excluding carboxylic acids is 16. The highest BCUT2D eigenvalue weighted by molar-refractivity contribution is 6.30. The number of rotatable bonds is 41. The number of aromatic nitrogens is 1. The van der Waals surface area contributed by atoms with Crippen LogP contribution in [0.5, 0.6) is 0 Å². The Morgan fingerprint density at radius 1 is 0.551 bits per heavy atom. The van der Waals surface area contributed by atoms with E-state index < -0.39 is 187 Å². The maximum Gasteiger partial charge on any atom is 0.322 e. The van der Waals surface area contributed by atoms with Crippen molar-refractivity contribution in [3.63, 3.8) is 0 Å². The van der Waals surface area contributed by atoms with Gasteiger partial charge < -0.3 is 95.9 Å². The van der Waals surface area contributed by atoms with Crippen LogP contribution >= 0.6 is 11.6 Å². The minimum absolute atomic E-state index is 0.00598. The topological polar surface area (TPSA) is 542 Å². The number of urea groups is 2. The fraction of sp³-hybridized carbons (Fsp3) is 0.395. The molecule has 6 aromatic rings. The van der Waals surface area contributed by atoms with Crippen molar-refractivity contribution < 1.29 is 81.8 Å². The molecule has 2 fully saturated rings. The van der Waals surface area contributed by atoms with Gasteiger partial charge in [-0.1, -0.05) is 110 Å². The number of primary amides is 2. The molecule has 628 valence electrons. The van der Waals surface area contributed by atoms with Crippen molar-refractivity contribution in [3.05, 3.63) is 173 Å². The Labute approximate surface area is 684 Å². The predicted octanol–water partition coefficient (Wildman–Crippen LogP) is -0.395. The van der Waals surface area contributed by atoms with Gasteiger partial charge in [0.1, 0.15) is 66.5 Å². The third-order valence-corrected chi connectivity index (χ3v) is 19.7. The van der Waals surface area contributed by atoms with Gasteiger partial charge in [0.15, 0.2) is 0 Å². The van der Waals surface area contributed by atoms with Crippen molar-refractivity contribution in [2.24, 2.45) is 11.5 Å². The maximum atomic E-state index is 15.4. The van der Waals surface area contributed by atoms with E-state index in [0.29, 0.717) is 53.1 Å². The van der Waals surface area contributed by atoms with E-state index in [2.05, 4.69) is 79.4 Å². The molecule has 0 aliphatic carbocycles. The van der Waals surface area contributed by atoms with Crippen molar-refractivity contribution in [2.75, 3.05) is 37.4 Å². The van der Waals surface area contributed by atoms with Crippen LogP contribution in [0.25, 0.3) is 10.8 Å². The fourth-order valence-corrected chi connectivity index (χ4v) is 13.3. The van der Waals surface area contributed by atoms with Gasteiger partial charge in [0.2, 0.25) is 82.7 Å². The zero-order chi connectivity index (χ0) is 85.7. The highest BCUT2D eigenvalue weighted by atomic mass is 35.5. The molecular weight excluding hydrogens is 1550 g/mol. The number of fused-ring (bicyclic) bond motifs is 1. The third kappa shape index (κ3) is 28.2. The van der Waals surface area contributed by atoms with Crippen molar-refractivity contribution in [1.82, 2.24) is 79.0 Å². The summed E-state index contributed by atoms with van der Waals surface area (Å²) in [6.45, 7) is 5.93. The van der Waals surface area contributed by atoms with Gasteiger partial charge in [-0.15, -0.1) is 0 Å². The highest BCUT2D eigenvalue weighted by Gasteiger charge is 2.41. The first-order valence-corrected chi connectivity index (χ1v) is 38.8. The predicted molar refractivity (Wildman–Crippen MR) is 433 cm³/mol. The van der Waals surface area contributed by atoms with Crippen molar-refractivity contribution in [3.8, 4) is 0 Å². The van der Waals surface area contributed by atoms with Crippen LogP contribution in [-0.4, -0.2) is 209 Å². The van der Waals surface area contributed by atoms with Crippen molar-refractivity contribution in [2.45, 2.75) is 177 Å². The Morgan fingerprint density at radius 2 is 1.04 bits per heavy atom.